The third-order valence-electron chi connectivity index (χ3n) is 1.21. The van der Waals surface area contributed by atoms with E-state index >= 15 is 0 Å². The van der Waals surface area contributed by atoms with E-state index < -0.39 is 0 Å². The number of H-pyrrole nitrogens is 1. The normalized spacial score (nSPS) is 13.3. The summed E-state index contributed by atoms with van der Waals surface area (Å²) in [5.74, 6) is 0. The molecule has 2 aromatic rings. The average Bonchev–Trinajstić information content (AvgIpc) is 2.27. The summed E-state index contributed by atoms with van der Waals surface area (Å²) < 4.78 is 14.4. The average molecular weight is 120 g/mol. The van der Waals surface area contributed by atoms with Gasteiger partial charge in [0.05, 0.1) is 18.7 Å². The van der Waals surface area contributed by atoms with Crippen LogP contribution in [0.4, 0.5) is 0 Å². The van der Waals surface area contributed by atoms with Gasteiger partial charge in [0.15, 0.2) is 0 Å². The van der Waals surface area contributed by atoms with Crippen molar-refractivity contribution in [3.63, 3.8) is 0 Å². The van der Waals surface area contributed by atoms with Gasteiger partial charge < -0.3 is 4.98 Å². The van der Waals surface area contributed by atoms with Crippen LogP contribution in [0, 0.1) is 0 Å². The predicted octanol–water partition coefficient (Wildman–Crippen LogP) is 1.56. The third kappa shape index (κ3) is 0.598. The van der Waals surface area contributed by atoms with Crippen LogP contribution in [0.3, 0.4) is 0 Å². The molecule has 9 heavy (non-hydrogen) atoms. The van der Waals surface area contributed by atoms with E-state index in [0.29, 0.717) is 11.6 Å². The summed E-state index contributed by atoms with van der Waals surface area (Å²) >= 11 is 0. The van der Waals surface area contributed by atoms with Crippen LogP contribution in [0.5, 0.6) is 0 Å². The fraction of sp³-hybridized carbons (Fsp3) is 0. The van der Waals surface area contributed by atoms with Crippen LogP contribution < -0.4 is 0 Å². The van der Waals surface area contributed by atoms with Crippen LogP contribution >= 0.6 is 0 Å². The lowest BCUT2D eigenvalue weighted by molar-refractivity contribution is 1.34. The van der Waals surface area contributed by atoms with Crippen LogP contribution in [0.1, 0.15) is 2.74 Å². The molecule has 0 unspecified atom stereocenters. The highest BCUT2D eigenvalue weighted by atomic mass is 14.9. The van der Waals surface area contributed by atoms with Crippen molar-refractivity contribution in [3.05, 3.63) is 30.5 Å². The SMILES string of the molecule is [2H]c1ccc2[nH]c([2H])nc2c1. The second kappa shape index (κ2) is 1.58. The number of nitrogens with zero attached hydrogens (tertiary/aromatic N) is 1. The molecule has 0 aliphatic heterocycles. The summed E-state index contributed by atoms with van der Waals surface area (Å²) in [6.45, 7) is 0. The van der Waals surface area contributed by atoms with Crippen LogP contribution in [-0.2, 0) is 0 Å². The van der Waals surface area contributed by atoms with E-state index in [0.717, 1.165) is 5.52 Å². The van der Waals surface area contributed by atoms with Gasteiger partial charge in [0, 0.05) is 0 Å². The molecule has 0 fully saturated rings. The van der Waals surface area contributed by atoms with Gasteiger partial charge in [-0.15, -0.1) is 0 Å². The molecule has 1 heterocycles. The fourth-order valence-corrected chi connectivity index (χ4v) is 0.768. The molecule has 2 nitrogen and oxygen atoms in total. The Labute approximate surface area is 55.4 Å². The Bertz CT molecular complexity index is 394. The zero-order chi connectivity index (χ0) is 7.84. The molecule has 0 atom stereocenters. The van der Waals surface area contributed by atoms with Crippen LogP contribution in [-0.4, -0.2) is 9.97 Å². The van der Waals surface area contributed by atoms with Gasteiger partial charge in [-0.2, -0.15) is 0 Å². The van der Waals surface area contributed by atoms with Gasteiger partial charge in [-0.3, -0.25) is 0 Å². The lowest BCUT2D eigenvalue weighted by Crippen LogP contribution is -1.63. The Balaban J connectivity index is 2.82. The molecule has 1 N–H and O–H groups in total. The monoisotopic (exact) mass is 120 g/mol. The van der Waals surface area contributed by atoms with Crippen molar-refractivity contribution in [2.75, 3.05) is 0 Å². The van der Waals surface area contributed by atoms with Gasteiger partial charge in [-0.1, -0.05) is 12.1 Å². The summed E-state index contributed by atoms with van der Waals surface area (Å²) in [7, 11) is 0. The number of aromatic nitrogens is 2. The summed E-state index contributed by atoms with van der Waals surface area (Å²) in [5, 5.41) is 0. The van der Waals surface area contributed by atoms with E-state index in [4.69, 9.17) is 2.74 Å². The number of nitrogens with one attached hydrogen (secondary N) is 1. The lowest BCUT2D eigenvalue weighted by atomic mass is 10.3. The molecule has 0 aliphatic carbocycles. The highest BCUT2D eigenvalue weighted by molar-refractivity contribution is 5.73. The standard InChI is InChI=1S/C7H6N2/c1-2-4-7-6(3-1)8-5-9-7/h1-5H,(H,8,9)/i1D,5D. The Kier molecular flexibility index (Phi) is 0.530. The van der Waals surface area contributed by atoms with Crippen molar-refractivity contribution in [2.24, 2.45) is 0 Å². The minimum absolute atomic E-state index is 0.144. The maximum Gasteiger partial charge on any atom is 0.104 e. The smallest absolute Gasteiger partial charge is 0.104 e. The highest BCUT2D eigenvalue weighted by Crippen LogP contribution is 2.05. The molecule has 0 radical (unpaired) electrons. The summed E-state index contributed by atoms with van der Waals surface area (Å²) in [6, 6.07) is 5.47. The number of aromatic amines is 1. The zero-order valence-electron chi connectivity index (χ0n) is 6.68. The third-order valence-corrected chi connectivity index (χ3v) is 1.21. The molecular weight excluding hydrogens is 112 g/mol. The summed E-state index contributed by atoms with van der Waals surface area (Å²) in [4.78, 5) is 6.62. The molecule has 44 valence electrons. The Morgan fingerprint density at radius 1 is 1.56 bits per heavy atom. The molecule has 0 spiro atoms. The number of benzene rings is 1. The molecule has 2 heteroatoms. The summed E-state index contributed by atoms with van der Waals surface area (Å²) in [6.07, 6.45) is 0.144. The maximum absolute atomic E-state index is 7.27. The van der Waals surface area contributed by atoms with Gasteiger partial charge in [0.1, 0.15) is 1.37 Å². The minimum Gasteiger partial charge on any atom is -0.345 e. The van der Waals surface area contributed by atoms with Crippen molar-refractivity contribution < 1.29 is 2.74 Å². The first-order chi connectivity index (χ1) is 5.25. The Morgan fingerprint density at radius 3 is 3.56 bits per heavy atom. The van der Waals surface area contributed by atoms with Gasteiger partial charge in [-0.25, -0.2) is 4.98 Å². The molecule has 0 saturated carbocycles. The van der Waals surface area contributed by atoms with Gasteiger partial charge >= 0.3 is 0 Å². The largest absolute Gasteiger partial charge is 0.345 e. The first-order valence-electron chi connectivity index (χ1n) is 3.69. The second-order valence-electron chi connectivity index (χ2n) is 1.79. The molecule has 1 aromatic heterocycles. The minimum atomic E-state index is 0.144. The quantitative estimate of drug-likeness (QED) is 0.561. The van der Waals surface area contributed by atoms with Crippen molar-refractivity contribution in [1.82, 2.24) is 9.97 Å². The molecule has 2 rings (SSSR count). The van der Waals surface area contributed by atoms with E-state index in [9.17, 15) is 0 Å². The first-order valence-corrected chi connectivity index (χ1v) is 2.69. The molecule has 0 saturated heterocycles. The first kappa shape index (κ1) is 3.01. The van der Waals surface area contributed by atoms with Crippen molar-refractivity contribution >= 4 is 11.0 Å². The number of hydrogen-bond acceptors (Lipinski definition) is 1. The number of para-hydroxylation sites is 2. The Hall–Kier alpha value is -1.31. The van der Waals surface area contributed by atoms with E-state index in [1.54, 1.807) is 18.2 Å². The lowest BCUT2D eigenvalue weighted by Gasteiger charge is -1.81. The van der Waals surface area contributed by atoms with Crippen molar-refractivity contribution in [1.29, 1.82) is 0 Å². The van der Waals surface area contributed by atoms with E-state index in [2.05, 4.69) is 9.97 Å². The number of fused-ring (bicyclic) bond motifs is 1. The van der Waals surface area contributed by atoms with Crippen LogP contribution in [0.2, 0.25) is 0 Å². The van der Waals surface area contributed by atoms with E-state index in [-0.39, 0.29) is 6.30 Å². The molecule has 0 aliphatic rings. The van der Waals surface area contributed by atoms with Crippen molar-refractivity contribution in [3.8, 4) is 0 Å². The second-order valence-corrected chi connectivity index (χ2v) is 1.79. The van der Waals surface area contributed by atoms with E-state index in [1.807, 2.05) is 0 Å². The molecule has 1 aromatic carbocycles. The van der Waals surface area contributed by atoms with E-state index in [1.165, 1.54) is 0 Å². The van der Waals surface area contributed by atoms with Crippen LogP contribution in [0.25, 0.3) is 11.0 Å². The fourth-order valence-electron chi connectivity index (χ4n) is 0.768. The zero-order valence-corrected chi connectivity index (χ0v) is 4.68. The topological polar surface area (TPSA) is 28.7 Å². The predicted molar refractivity (Wildman–Crippen MR) is 36.1 cm³/mol. The van der Waals surface area contributed by atoms with Gasteiger partial charge in [0.25, 0.3) is 0 Å². The molecular formula is C7H6N2. The molecule has 0 bridgehead atoms. The maximum atomic E-state index is 7.27. The number of imidazole rings is 1. The highest BCUT2D eigenvalue weighted by Gasteiger charge is 1.88. The Morgan fingerprint density at radius 2 is 2.56 bits per heavy atom. The number of rotatable bonds is 0. The number of hydrogen-bond donors (Lipinski definition) is 1. The summed E-state index contributed by atoms with van der Waals surface area (Å²) in [5.41, 5.74) is 1.49. The van der Waals surface area contributed by atoms with Gasteiger partial charge in [-0.05, 0) is 12.1 Å². The van der Waals surface area contributed by atoms with Crippen molar-refractivity contribution in [2.45, 2.75) is 0 Å². The van der Waals surface area contributed by atoms with Crippen LogP contribution in [0.15, 0.2) is 30.5 Å². The van der Waals surface area contributed by atoms with Gasteiger partial charge in [0.2, 0.25) is 0 Å². The molecule has 0 amide bonds.